The van der Waals surface area contributed by atoms with Crippen molar-refractivity contribution in [3.8, 4) is 11.5 Å². The van der Waals surface area contributed by atoms with Gasteiger partial charge >= 0.3 is 0 Å². The number of furan rings is 1. The van der Waals surface area contributed by atoms with E-state index >= 15 is 0 Å². The number of aryl methyl sites for hydroxylation is 2. The number of amides is 1. The summed E-state index contributed by atoms with van der Waals surface area (Å²) in [5, 5.41) is 7.15. The summed E-state index contributed by atoms with van der Waals surface area (Å²) in [7, 11) is -3.86. The Hall–Kier alpha value is -4.44. The molecule has 5 rings (SSSR count). The number of anilines is 2. The number of hydrogen-bond acceptors (Lipinski definition) is 7. The van der Waals surface area contributed by atoms with E-state index in [0.29, 0.717) is 39.4 Å². The second kappa shape index (κ2) is 8.73. The molecule has 0 radical (unpaired) electrons. The Morgan fingerprint density at radius 2 is 1.69 bits per heavy atom. The van der Waals surface area contributed by atoms with Gasteiger partial charge in [0.25, 0.3) is 15.9 Å². The van der Waals surface area contributed by atoms with Crippen molar-refractivity contribution in [2.24, 2.45) is 0 Å². The summed E-state index contributed by atoms with van der Waals surface area (Å²) in [6, 6.07) is 19.9. The van der Waals surface area contributed by atoms with Crippen molar-refractivity contribution in [3.05, 3.63) is 89.9 Å². The van der Waals surface area contributed by atoms with E-state index < -0.39 is 10.0 Å². The SMILES string of the molecule is Cc1cc(NS(=O)(=O)c2ccc(NC(=O)c3cc(-c4ccc(C)o4)nc4ccccc34)cc2)no1. The number of hydrogen-bond donors (Lipinski definition) is 2. The Morgan fingerprint density at radius 1 is 0.914 bits per heavy atom. The summed E-state index contributed by atoms with van der Waals surface area (Å²) in [5.41, 5.74) is 2.04. The molecule has 0 bridgehead atoms. The predicted octanol–water partition coefficient (Wildman–Crippen LogP) is 5.15. The molecule has 0 saturated carbocycles. The highest BCUT2D eigenvalue weighted by Crippen LogP contribution is 2.27. The van der Waals surface area contributed by atoms with Gasteiger partial charge < -0.3 is 14.3 Å². The molecule has 0 saturated heterocycles. The van der Waals surface area contributed by atoms with Gasteiger partial charge in [-0.15, -0.1) is 0 Å². The summed E-state index contributed by atoms with van der Waals surface area (Å²) in [5.74, 6) is 1.51. The van der Waals surface area contributed by atoms with Crippen molar-refractivity contribution in [2.75, 3.05) is 10.0 Å². The molecule has 0 unspecified atom stereocenters. The summed E-state index contributed by atoms with van der Waals surface area (Å²) in [6.45, 7) is 3.50. The third-order valence-electron chi connectivity index (χ3n) is 5.24. The van der Waals surface area contributed by atoms with Crippen LogP contribution in [0.5, 0.6) is 0 Å². The van der Waals surface area contributed by atoms with Crippen molar-refractivity contribution in [1.29, 1.82) is 0 Å². The van der Waals surface area contributed by atoms with Crippen LogP contribution in [0.2, 0.25) is 0 Å². The highest BCUT2D eigenvalue weighted by molar-refractivity contribution is 7.92. The molecule has 3 heterocycles. The molecule has 35 heavy (non-hydrogen) atoms. The number of benzene rings is 2. The number of fused-ring (bicyclic) bond motifs is 1. The second-order valence-corrected chi connectivity index (χ2v) is 9.57. The highest BCUT2D eigenvalue weighted by atomic mass is 32.2. The van der Waals surface area contributed by atoms with Gasteiger partial charge in [0, 0.05) is 17.1 Å². The maximum Gasteiger partial charge on any atom is 0.263 e. The fraction of sp³-hybridized carbons (Fsp3) is 0.0800. The van der Waals surface area contributed by atoms with Gasteiger partial charge in [-0.05, 0) is 62.4 Å². The van der Waals surface area contributed by atoms with Gasteiger partial charge in [0.05, 0.1) is 16.0 Å². The standard InChI is InChI=1S/C25H20N4O5S/c1-15-7-12-23(33-15)22-14-20(19-5-3-4-6-21(19)27-22)25(30)26-17-8-10-18(11-9-17)35(31,32)29-24-13-16(2)34-28-24/h3-14H,1-2H3,(H,26,30)(H,28,29). The average molecular weight is 489 g/mol. The van der Waals surface area contributed by atoms with Crippen molar-refractivity contribution in [2.45, 2.75) is 18.7 Å². The minimum absolute atomic E-state index is 0.0148. The van der Waals surface area contributed by atoms with E-state index in [-0.39, 0.29) is 16.6 Å². The summed E-state index contributed by atoms with van der Waals surface area (Å²) in [6.07, 6.45) is 0. The van der Waals surface area contributed by atoms with Crippen LogP contribution in [-0.4, -0.2) is 24.5 Å². The number of carbonyl (C=O) groups is 1. The smallest absolute Gasteiger partial charge is 0.263 e. The van der Waals surface area contributed by atoms with Crippen molar-refractivity contribution in [1.82, 2.24) is 10.1 Å². The molecular formula is C25H20N4O5S. The maximum atomic E-state index is 13.2. The van der Waals surface area contributed by atoms with E-state index in [9.17, 15) is 13.2 Å². The number of nitrogens with zero attached hydrogens (tertiary/aromatic N) is 2. The predicted molar refractivity (Wildman–Crippen MR) is 131 cm³/mol. The van der Waals surface area contributed by atoms with Crippen LogP contribution in [-0.2, 0) is 10.0 Å². The highest BCUT2D eigenvalue weighted by Gasteiger charge is 2.18. The molecule has 0 fully saturated rings. The lowest BCUT2D eigenvalue weighted by molar-refractivity contribution is 0.102. The van der Waals surface area contributed by atoms with Crippen molar-refractivity contribution < 1.29 is 22.2 Å². The van der Waals surface area contributed by atoms with Gasteiger partial charge in [0.1, 0.15) is 17.2 Å². The third kappa shape index (κ3) is 4.64. The molecule has 2 aromatic carbocycles. The lowest BCUT2D eigenvalue weighted by Crippen LogP contribution is -2.15. The van der Waals surface area contributed by atoms with Crippen LogP contribution in [0.3, 0.4) is 0 Å². The monoisotopic (exact) mass is 488 g/mol. The first kappa shape index (κ1) is 22.4. The van der Waals surface area contributed by atoms with Crippen LogP contribution in [0.4, 0.5) is 11.5 Å². The number of carbonyl (C=O) groups excluding carboxylic acids is 1. The lowest BCUT2D eigenvalue weighted by atomic mass is 10.1. The number of para-hydroxylation sites is 1. The zero-order valence-corrected chi connectivity index (χ0v) is 19.6. The van der Waals surface area contributed by atoms with Crippen LogP contribution in [0, 0.1) is 13.8 Å². The fourth-order valence-electron chi connectivity index (χ4n) is 3.59. The molecule has 9 nitrogen and oxygen atoms in total. The molecule has 0 atom stereocenters. The number of nitrogens with one attached hydrogen (secondary N) is 2. The van der Waals surface area contributed by atoms with Gasteiger partial charge in [-0.1, -0.05) is 23.4 Å². The first-order valence-corrected chi connectivity index (χ1v) is 12.1. The minimum Gasteiger partial charge on any atom is -0.460 e. The maximum absolute atomic E-state index is 13.2. The number of aromatic nitrogens is 2. The lowest BCUT2D eigenvalue weighted by Gasteiger charge is -2.11. The zero-order valence-electron chi connectivity index (χ0n) is 18.8. The van der Waals surface area contributed by atoms with E-state index in [1.165, 1.54) is 30.3 Å². The topological polar surface area (TPSA) is 127 Å². The Balaban J connectivity index is 1.41. The molecule has 0 aliphatic carbocycles. The van der Waals surface area contributed by atoms with Crippen LogP contribution in [0.1, 0.15) is 21.9 Å². The normalized spacial score (nSPS) is 11.5. The first-order chi connectivity index (χ1) is 16.8. The van der Waals surface area contributed by atoms with Crippen LogP contribution in [0.15, 0.2) is 86.6 Å². The summed E-state index contributed by atoms with van der Waals surface area (Å²) < 4.78 is 38.1. The Kier molecular flexibility index (Phi) is 5.58. The second-order valence-electron chi connectivity index (χ2n) is 7.89. The zero-order chi connectivity index (χ0) is 24.6. The molecular weight excluding hydrogens is 468 g/mol. The molecule has 3 aromatic heterocycles. The molecule has 1 amide bonds. The summed E-state index contributed by atoms with van der Waals surface area (Å²) >= 11 is 0. The minimum atomic E-state index is -3.86. The number of sulfonamides is 1. The molecule has 10 heteroatoms. The molecule has 0 aliphatic rings. The van der Waals surface area contributed by atoms with Gasteiger partial charge in [0.2, 0.25) is 0 Å². The molecule has 2 N–H and O–H groups in total. The number of rotatable bonds is 6. The van der Waals surface area contributed by atoms with Gasteiger partial charge in [-0.2, -0.15) is 0 Å². The van der Waals surface area contributed by atoms with E-state index in [1.54, 1.807) is 13.0 Å². The van der Waals surface area contributed by atoms with Crippen LogP contribution in [0.25, 0.3) is 22.4 Å². The Morgan fingerprint density at radius 3 is 2.37 bits per heavy atom. The van der Waals surface area contributed by atoms with E-state index in [1.807, 2.05) is 43.3 Å². The van der Waals surface area contributed by atoms with Gasteiger partial charge in [0.15, 0.2) is 11.6 Å². The van der Waals surface area contributed by atoms with Crippen LogP contribution < -0.4 is 10.0 Å². The van der Waals surface area contributed by atoms with E-state index in [4.69, 9.17) is 8.94 Å². The third-order valence-corrected chi connectivity index (χ3v) is 6.61. The van der Waals surface area contributed by atoms with E-state index in [2.05, 4.69) is 20.2 Å². The Bertz CT molecular complexity index is 1650. The fourth-order valence-corrected chi connectivity index (χ4v) is 4.57. The quantitative estimate of drug-likeness (QED) is 0.338. The molecule has 0 spiro atoms. The van der Waals surface area contributed by atoms with E-state index in [0.717, 1.165) is 5.76 Å². The van der Waals surface area contributed by atoms with Gasteiger partial charge in [-0.25, -0.2) is 13.4 Å². The van der Waals surface area contributed by atoms with Crippen molar-refractivity contribution in [3.63, 3.8) is 0 Å². The Labute approximate surface area is 200 Å². The molecule has 5 aromatic rings. The first-order valence-electron chi connectivity index (χ1n) is 10.6. The van der Waals surface area contributed by atoms with Crippen LogP contribution >= 0.6 is 0 Å². The van der Waals surface area contributed by atoms with Crippen molar-refractivity contribution >= 4 is 38.3 Å². The average Bonchev–Trinajstić information content (AvgIpc) is 3.46. The molecule has 0 aliphatic heterocycles. The van der Waals surface area contributed by atoms with Gasteiger partial charge in [-0.3, -0.25) is 9.52 Å². The molecule has 176 valence electrons. The summed E-state index contributed by atoms with van der Waals surface area (Å²) in [4.78, 5) is 17.9. The number of pyridine rings is 1. The largest absolute Gasteiger partial charge is 0.460 e.